The molecule has 2 atom stereocenters. The number of rotatable bonds is 5. The summed E-state index contributed by atoms with van der Waals surface area (Å²) in [5.74, 6) is 1.39. The average Bonchev–Trinajstić information content (AvgIpc) is 3.04. The molecule has 3 rings (SSSR count). The van der Waals surface area contributed by atoms with E-state index in [1.165, 1.54) is 0 Å². The summed E-state index contributed by atoms with van der Waals surface area (Å²) in [4.78, 5) is 24.8. The molecule has 1 aromatic rings. The third-order valence-corrected chi connectivity index (χ3v) is 4.83. The first kappa shape index (κ1) is 16.9. The van der Waals surface area contributed by atoms with Gasteiger partial charge in [-0.15, -0.1) is 0 Å². The number of carbonyl (C=O) groups excluding carboxylic acids is 1. The molecule has 24 heavy (non-hydrogen) atoms. The van der Waals surface area contributed by atoms with Crippen LogP contribution in [0.25, 0.3) is 0 Å². The lowest BCUT2D eigenvalue weighted by atomic mass is 9.98. The van der Waals surface area contributed by atoms with Crippen LogP contribution in [0, 0.1) is 5.92 Å². The molecular weight excluding hydrogens is 306 g/mol. The third-order valence-electron chi connectivity index (χ3n) is 4.83. The van der Waals surface area contributed by atoms with E-state index in [0.29, 0.717) is 25.0 Å². The van der Waals surface area contributed by atoms with Crippen molar-refractivity contribution < 1.29 is 4.79 Å². The average molecular weight is 333 g/mol. The molecule has 3 heterocycles. The van der Waals surface area contributed by atoms with Crippen molar-refractivity contribution in [3.63, 3.8) is 0 Å². The molecule has 2 amide bonds. The molecule has 2 saturated heterocycles. The molecule has 0 aromatic carbocycles. The quantitative estimate of drug-likeness (QED) is 0.668. The van der Waals surface area contributed by atoms with E-state index in [1.807, 2.05) is 11.0 Å². The lowest BCUT2D eigenvalue weighted by Gasteiger charge is -2.34. The Morgan fingerprint density at radius 3 is 2.71 bits per heavy atom. The fourth-order valence-corrected chi connectivity index (χ4v) is 3.23. The second-order valence-electron chi connectivity index (χ2n) is 6.47. The van der Waals surface area contributed by atoms with Crippen molar-refractivity contribution in [2.45, 2.75) is 25.8 Å². The maximum Gasteiger partial charge on any atom is 0.317 e. The highest BCUT2D eigenvalue weighted by Gasteiger charge is 2.23. The molecule has 0 saturated carbocycles. The summed E-state index contributed by atoms with van der Waals surface area (Å²) >= 11 is 0. The molecule has 0 radical (unpaired) electrons. The van der Waals surface area contributed by atoms with Crippen LogP contribution in [0.1, 0.15) is 19.8 Å². The van der Waals surface area contributed by atoms with Crippen molar-refractivity contribution in [2.75, 3.05) is 44.2 Å². The summed E-state index contributed by atoms with van der Waals surface area (Å²) < 4.78 is 0. The van der Waals surface area contributed by atoms with E-state index in [9.17, 15) is 4.79 Å². The monoisotopic (exact) mass is 333 g/mol. The van der Waals surface area contributed by atoms with Gasteiger partial charge in [0.1, 0.15) is 0 Å². The van der Waals surface area contributed by atoms with Crippen molar-refractivity contribution in [3.05, 3.63) is 18.5 Å². The molecule has 8 nitrogen and oxygen atoms in total. The van der Waals surface area contributed by atoms with E-state index in [4.69, 9.17) is 0 Å². The predicted octanol–water partition coefficient (Wildman–Crippen LogP) is 0.201. The molecule has 2 aliphatic rings. The Kier molecular flexibility index (Phi) is 5.81. The maximum atomic E-state index is 12.2. The fraction of sp³-hybridized carbons (Fsp3) is 0.688. The lowest BCUT2D eigenvalue weighted by Crippen LogP contribution is -2.52. The number of aromatic nitrogens is 2. The standard InChI is InChI=1S/C16H27N7O/c1-13-14(12-20-21-13)4-2-5-19-16(24)23-10-8-22(9-11-23)15-17-6-3-7-18-15/h3,6-7,13-14,20-21H,2,4-5,8-12H2,1H3,(H,19,24). The Balaban J connectivity index is 1.33. The minimum absolute atomic E-state index is 0.0411. The molecular formula is C16H27N7O. The second kappa shape index (κ2) is 8.25. The summed E-state index contributed by atoms with van der Waals surface area (Å²) in [5.41, 5.74) is 6.41. The van der Waals surface area contributed by atoms with Gasteiger partial charge >= 0.3 is 6.03 Å². The zero-order valence-corrected chi connectivity index (χ0v) is 14.2. The van der Waals surface area contributed by atoms with E-state index in [-0.39, 0.29) is 6.03 Å². The summed E-state index contributed by atoms with van der Waals surface area (Å²) in [5, 5.41) is 3.04. The van der Waals surface area contributed by atoms with Crippen LogP contribution >= 0.6 is 0 Å². The van der Waals surface area contributed by atoms with Crippen LogP contribution in [0.5, 0.6) is 0 Å². The van der Waals surface area contributed by atoms with Crippen molar-refractivity contribution in [1.29, 1.82) is 0 Å². The molecule has 1 aromatic heterocycles. The fourth-order valence-electron chi connectivity index (χ4n) is 3.23. The van der Waals surface area contributed by atoms with E-state index in [2.05, 4.69) is 38.0 Å². The summed E-state index contributed by atoms with van der Waals surface area (Å²) in [7, 11) is 0. The molecule has 0 bridgehead atoms. The van der Waals surface area contributed by atoms with Gasteiger partial charge in [0.2, 0.25) is 5.95 Å². The number of hydrogen-bond donors (Lipinski definition) is 3. The van der Waals surface area contributed by atoms with E-state index in [0.717, 1.165) is 45.0 Å². The predicted molar refractivity (Wildman–Crippen MR) is 92.5 cm³/mol. The Morgan fingerprint density at radius 2 is 2.04 bits per heavy atom. The molecule has 2 fully saturated rings. The van der Waals surface area contributed by atoms with Crippen LogP contribution in [0.3, 0.4) is 0 Å². The number of nitrogens with one attached hydrogen (secondary N) is 3. The van der Waals surface area contributed by atoms with Gasteiger partial charge in [-0.25, -0.2) is 14.8 Å². The van der Waals surface area contributed by atoms with Crippen LogP contribution in [-0.4, -0.2) is 66.2 Å². The van der Waals surface area contributed by atoms with Crippen molar-refractivity contribution in [3.8, 4) is 0 Å². The third kappa shape index (κ3) is 4.33. The zero-order chi connectivity index (χ0) is 16.8. The smallest absolute Gasteiger partial charge is 0.317 e. The number of nitrogens with zero attached hydrogens (tertiary/aromatic N) is 4. The van der Waals surface area contributed by atoms with Crippen LogP contribution in [0.15, 0.2) is 18.5 Å². The highest BCUT2D eigenvalue weighted by molar-refractivity contribution is 5.74. The van der Waals surface area contributed by atoms with Gasteiger partial charge in [-0.3, -0.25) is 10.9 Å². The molecule has 8 heteroatoms. The molecule has 0 spiro atoms. The molecule has 3 N–H and O–H groups in total. The highest BCUT2D eigenvalue weighted by Crippen LogP contribution is 2.13. The number of anilines is 1. The van der Waals surface area contributed by atoms with Crippen LogP contribution in [-0.2, 0) is 0 Å². The van der Waals surface area contributed by atoms with Gasteiger partial charge in [-0.05, 0) is 31.7 Å². The number of hydrazine groups is 1. The summed E-state index contributed by atoms with van der Waals surface area (Å²) in [6, 6.07) is 2.36. The van der Waals surface area contributed by atoms with Gasteiger partial charge in [0.25, 0.3) is 0 Å². The van der Waals surface area contributed by atoms with Crippen molar-refractivity contribution in [1.82, 2.24) is 31.0 Å². The molecule has 2 aliphatic heterocycles. The minimum atomic E-state index is 0.0411. The number of amides is 2. The molecule has 0 aliphatic carbocycles. The Morgan fingerprint density at radius 1 is 1.29 bits per heavy atom. The Bertz CT molecular complexity index is 518. The minimum Gasteiger partial charge on any atom is -0.338 e. The SMILES string of the molecule is CC1NNCC1CCCNC(=O)N1CCN(c2ncccn2)CC1. The van der Waals surface area contributed by atoms with E-state index < -0.39 is 0 Å². The van der Waals surface area contributed by atoms with Gasteiger partial charge in [0.05, 0.1) is 0 Å². The summed E-state index contributed by atoms with van der Waals surface area (Å²) in [6.07, 6.45) is 5.64. The van der Waals surface area contributed by atoms with Gasteiger partial charge < -0.3 is 15.1 Å². The highest BCUT2D eigenvalue weighted by atomic mass is 16.2. The first-order valence-corrected chi connectivity index (χ1v) is 8.77. The molecule has 132 valence electrons. The Hall–Kier alpha value is -1.93. The zero-order valence-electron chi connectivity index (χ0n) is 14.2. The van der Waals surface area contributed by atoms with Crippen molar-refractivity contribution >= 4 is 12.0 Å². The van der Waals surface area contributed by atoms with E-state index >= 15 is 0 Å². The second-order valence-corrected chi connectivity index (χ2v) is 6.47. The van der Waals surface area contributed by atoms with Gasteiger partial charge in [0.15, 0.2) is 0 Å². The topological polar surface area (TPSA) is 85.4 Å². The summed E-state index contributed by atoms with van der Waals surface area (Å²) in [6.45, 7) is 6.90. The van der Waals surface area contributed by atoms with Gasteiger partial charge in [0, 0.05) is 57.7 Å². The van der Waals surface area contributed by atoms with E-state index in [1.54, 1.807) is 12.4 Å². The number of piperazine rings is 1. The number of urea groups is 1. The maximum absolute atomic E-state index is 12.2. The van der Waals surface area contributed by atoms with Gasteiger partial charge in [-0.1, -0.05) is 0 Å². The lowest BCUT2D eigenvalue weighted by molar-refractivity contribution is 0.193. The number of carbonyl (C=O) groups is 1. The molecule has 2 unspecified atom stereocenters. The van der Waals surface area contributed by atoms with Crippen molar-refractivity contribution in [2.24, 2.45) is 5.92 Å². The first-order chi connectivity index (χ1) is 11.7. The van der Waals surface area contributed by atoms with Gasteiger partial charge in [-0.2, -0.15) is 0 Å². The van der Waals surface area contributed by atoms with Crippen LogP contribution in [0.4, 0.5) is 10.7 Å². The normalized spacial score (nSPS) is 24.2. The number of hydrogen-bond acceptors (Lipinski definition) is 6. The Labute approximate surface area is 143 Å². The van der Waals surface area contributed by atoms with Crippen LogP contribution < -0.4 is 21.1 Å². The first-order valence-electron chi connectivity index (χ1n) is 8.77. The largest absolute Gasteiger partial charge is 0.338 e. The van der Waals surface area contributed by atoms with Crippen LogP contribution in [0.2, 0.25) is 0 Å².